The second-order valence-corrected chi connectivity index (χ2v) is 8.32. The maximum Gasteiger partial charge on any atom is 0.262 e. The molecule has 0 radical (unpaired) electrons. The van der Waals surface area contributed by atoms with Gasteiger partial charge in [-0.1, -0.05) is 30.8 Å². The number of para-hydroxylation sites is 1. The predicted octanol–water partition coefficient (Wildman–Crippen LogP) is 2.35. The largest absolute Gasteiger partial charge is 0.366 e. The SMILES string of the molecule is CCCn1c(=O)c2ccccc2n2c(SCC(=O)Nc3sccc3C(N)=O)nnc12. The summed E-state index contributed by atoms with van der Waals surface area (Å²) in [6.07, 6.45) is 0.772. The van der Waals surface area contributed by atoms with Crippen LogP contribution in [-0.2, 0) is 11.3 Å². The minimum atomic E-state index is -0.594. The van der Waals surface area contributed by atoms with E-state index in [2.05, 4.69) is 15.5 Å². The number of primary amides is 1. The number of benzene rings is 1. The summed E-state index contributed by atoms with van der Waals surface area (Å²) in [6, 6.07) is 8.83. The van der Waals surface area contributed by atoms with Crippen molar-refractivity contribution in [3.8, 4) is 0 Å². The Hall–Kier alpha value is -3.18. The fraction of sp³-hybridized carbons (Fsp3) is 0.211. The smallest absolute Gasteiger partial charge is 0.262 e. The van der Waals surface area contributed by atoms with Crippen LogP contribution < -0.4 is 16.6 Å². The molecule has 3 heterocycles. The van der Waals surface area contributed by atoms with Gasteiger partial charge in [0.25, 0.3) is 11.5 Å². The topological polar surface area (TPSA) is 124 Å². The van der Waals surface area contributed by atoms with E-state index in [-0.39, 0.29) is 22.8 Å². The van der Waals surface area contributed by atoms with E-state index in [9.17, 15) is 14.4 Å². The first-order valence-corrected chi connectivity index (χ1v) is 11.0. The molecule has 3 aromatic heterocycles. The third kappa shape index (κ3) is 3.57. The lowest BCUT2D eigenvalue weighted by molar-refractivity contribution is -0.113. The molecule has 0 atom stereocenters. The Morgan fingerprint density at radius 1 is 1.23 bits per heavy atom. The number of rotatable bonds is 7. The second kappa shape index (κ2) is 8.28. The fourth-order valence-corrected chi connectivity index (χ4v) is 4.69. The van der Waals surface area contributed by atoms with Crippen LogP contribution >= 0.6 is 23.1 Å². The minimum absolute atomic E-state index is 0.0537. The number of thiophene rings is 1. The van der Waals surface area contributed by atoms with Gasteiger partial charge in [0, 0.05) is 6.54 Å². The van der Waals surface area contributed by atoms with Crippen LogP contribution in [0.1, 0.15) is 23.7 Å². The Bertz CT molecular complexity index is 1320. The third-order valence-electron chi connectivity index (χ3n) is 4.44. The molecule has 154 valence electrons. The summed E-state index contributed by atoms with van der Waals surface area (Å²) in [5, 5.41) is 14.3. The lowest BCUT2D eigenvalue weighted by Gasteiger charge is -2.10. The van der Waals surface area contributed by atoms with Crippen LogP contribution in [0.5, 0.6) is 0 Å². The number of aryl methyl sites for hydroxylation is 1. The zero-order valence-corrected chi connectivity index (χ0v) is 17.6. The summed E-state index contributed by atoms with van der Waals surface area (Å²) in [5.41, 5.74) is 6.17. The number of anilines is 1. The number of carbonyl (C=O) groups is 2. The Labute approximate surface area is 178 Å². The highest BCUT2D eigenvalue weighted by atomic mass is 32.2. The van der Waals surface area contributed by atoms with Crippen molar-refractivity contribution in [1.82, 2.24) is 19.2 Å². The van der Waals surface area contributed by atoms with Crippen molar-refractivity contribution in [3.05, 3.63) is 51.6 Å². The molecular weight excluding hydrogens is 424 g/mol. The Balaban J connectivity index is 1.65. The van der Waals surface area contributed by atoms with Crippen LogP contribution in [0.4, 0.5) is 5.00 Å². The molecule has 30 heavy (non-hydrogen) atoms. The molecule has 2 amide bonds. The van der Waals surface area contributed by atoms with E-state index in [1.54, 1.807) is 26.5 Å². The normalized spacial score (nSPS) is 11.2. The van der Waals surface area contributed by atoms with Crippen molar-refractivity contribution in [1.29, 1.82) is 0 Å². The predicted molar refractivity (Wildman–Crippen MR) is 117 cm³/mol. The molecule has 4 aromatic rings. The van der Waals surface area contributed by atoms with Crippen molar-refractivity contribution in [2.24, 2.45) is 5.73 Å². The highest BCUT2D eigenvalue weighted by Gasteiger charge is 2.18. The molecule has 0 saturated carbocycles. The Morgan fingerprint density at radius 3 is 2.80 bits per heavy atom. The summed E-state index contributed by atoms with van der Waals surface area (Å²) in [5.74, 6) is -0.397. The number of aromatic nitrogens is 4. The number of nitrogens with two attached hydrogens (primary N) is 1. The molecule has 0 aliphatic carbocycles. The Morgan fingerprint density at radius 2 is 2.03 bits per heavy atom. The van der Waals surface area contributed by atoms with E-state index in [0.717, 1.165) is 6.42 Å². The summed E-state index contributed by atoms with van der Waals surface area (Å²) < 4.78 is 3.40. The van der Waals surface area contributed by atoms with Gasteiger partial charge in [0.05, 0.1) is 22.2 Å². The number of fused-ring (bicyclic) bond motifs is 3. The van der Waals surface area contributed by atoms with Gasteiger partial charge in [0.2, 0.25) is 11.7 Å². The van der Waals surface area contributed by atoms with Crippen molar-refractivity contribution in [2.45, 2.75) is 25.0 Å². The molecule has 9 nitrogen and oxygen atoms in total. The maximum atomic E-state index is 12.8. The van der Waals surface area contributed by atoms with Crippen LogP contribution in [0.25, 0.3) is 16.7 Å². The van der Waals surface area contributed by atoms with Crippen LogP contribution in [-0.4, -0.2) is 36.7 Å². The van der Waals surface area contributed by atoms with Gasteiger partial charge in [-0.25, -0.2) is 0 Å². The van der Waals surface area contributed by atoms with E-state index in [1.807, 2.05) is 25.1 Å². The zero-order valence-electron chi connectivity index (χ0n) is 16.0. The Kier molecular flexibility index (Phi) is 5.55. The van der Waals surface area contributed by atoms with E-state index in [4.69, 9.17) is 5.73 Å². The third-order valence-corrected chi connectivity index (χ3v) is 6.20. The monoisotopic (exact) mass is 442 g/mol. The molecular formula is C19H18N6O3S2. The summed E-state index contributed by atoms with van der Waals surface area (Å²) in [6.45, 7) is 2.50. The molecule has 0 unspecified atom stereocenters. The average molecular weight is 443 g/mol. The van der Waals surface area contributed by atoms with Gasteiger partial charge in [0.1, 0.15) is 5.00 Å². The minimum Gasteiger partial charge on any atom is -0.366 e. The number of hydrogen-bond acceptors (Lipinski definition) is 7. The maximum absolute atomic E-state index is 12.8. The molecule has 0 spiro atoms. The van der Waals surface area contributed by atoms with E-state index in [0.29, 0.717) is 33.4 Å². The average Bonchev–Trinajstić information content (AvgIpc) is 3.36. The first-order valence-electron chi connectivity index (χ1n) is 9.18. The van der Waals surface area contributed by atoms with E-state index >= 15 is 0 Å². The molecule has 0 bridgehead atoms. The standard InChI is InChI=1S/C19H18N6O3S2/c1-2-8-24-17(28)11-5-3-4-6-13(11)25-18(24)22-23-19(25)30-10-14(26)21-16-12(15(20)27)7-9-29-16/h3-7,9H,2,8,10H2,1H3,(H2,20,27)(H,21,26). The number of thioether (sulfide) groups is 1. The van der Waals surface area contributed by atoms with Crippen LogP contribution in [0, 0.1) is 0 Å². The van der Waals surface area contributed by atoms with Gasteiger partial charge in [-0.3, -0.25) is 23.4 Å². The molecule has 4 rings (SSSR count). The van der Waals surface area contributed by atoms with E-state index < -0.39 is 5.91 Å². The van der Waals surface area contributed by atoms with Crippen LogP contribution in [0.15, 0.2) is 45.7 Å². The van der Waals surface area contributed by atoms with E-state index in [1.165, 1.54) is 23.1 Å². The van der Waals surface area contributed by atoms with Crippen molar-refractivity contribution in [3.63, 3.8) is 0 Å². The molecule has 11 heteroatoms. The summed E-state index contributed by atoms with van der Waals surface area (Å²) in [7, 11) is 0. The first kappa shape index (κ1) is 20.1. The zero-order chi connectivity index (χ0) is 21.3. The lowest BCUT2D eigenvalue weighted by Crippen LogP contribution is -2.23. The summed E-state index contributed by atoms with van der Waals surface area (Å²) in [4.78, 5) is 36.7. The van der Waals surface area contributed by atoms with Gasteiger partial charge < -0.3 is 11.1 Å². The highest BCUT2D eigenvalue weighted by molar-refractivity contribution is 7.99. The number of nitrogens with zero attached hydrogens (tertiary/aromatic N) is 4. The van der Waals surface area contributed by atoms with Gasteiger partial charge in [0.15, 0.2) is 5.16 Å². The van der Waals surface area contributed by atoms with Crippen LogP contribution in [0.3, 0.4) is 0 Å². The second-order valence-electron chi connectivity index (χ2n) is 6.46. The summed E-state index contributed by atoms with van der Waals surface area (Å²) >= 11 is 2.43. The van der Waals surface area contributed by atoms with Gasteiger partial charge in [-0.15, -0.1) is 21.5 Å². The first-order chi connectivity index (χ1) is 14.5. The molecule has 0 fully saturated rings. The number of hydrogen-bond donors (Lipinski definition) is 2. The van der Waals surface area contributed by atoms with Gasteiger partial charge >= 0.3 is 0 Å². The molecule has 3 N–H and O–H groups in total. The number of carbonyl (C=O) groups excluding carboxylic acids is 2. The molecule has 0 aliphatic rings. The quantitative estimate of drug-likeness (QED) is 0.423. The number of amides is 2. The molecule has 0 aliphatic heterocycles. The fourth-order valence-electron chi connectivity index (χ4n) is 3.15. The van der Waals surface area contributed by atoms with Crippen LogP contribution in [0.2, 0.25) is 0 Å². The van der Waals surface area contributed by atoms with Crippen molar-refractivity contribution in [2.75, 3.05) is 11.1 Å². The molecule has 0 saturated heterocycles. The van der Waals surface area contributed by atoms with Gasteiger partial charge in [-0.05, 0) is 30.0 Å². The lowest BCUT2D eigenvalue weighted by atomic mass is 10.2. The molecule has 1 aromatic carbocycles. The highest BCUT2D eigenvalue weighted by Crippen LogP contribution is 2.25. The van der Waals surface area contributed by atoms with Crippen molar-refractivity contribution < 1.29 is 9.59 Å². The van der Waals surface area contributed by atoms with Gasteiger partial charge in [-0.2, -0.15) is 0 Å². The number of nitrogens with one attached hydrogen (secondary N) is 1. The van der Waals surface area contributed by atoms with Crippen molar-refractivity contribution >= 4 is 56.6 Å².